The van der Waals surface area contributed by atoms with Gasteiger partial charge in [0.05, 0.1) is 5.16 Å². The highest BCUT2D eigenvalue weighted by atomic mass is 31.2. The Balaban J connectivity index is 2.25. The van der Waals surface area contributed by atoms with Crippen LogP contribution >= 0.6 is 7.60 Å². The van der Waals surface area contributed by atoms with Gasteiger partial charge < -0.3 is 9.79 Å². The van der Waals surface area contributed by atoms with Gasteiger partial charge in [0.1, 0.15) is 0 Å². The van der Waals surface area contributed by atoms with Crippen molar-refractivity contribution in [2.24, 2.45) is 5.92 Å². The molecule has 0 heterocycles. The molecule has 3 rings (SSSR count). The van der Waals surface area contributed by atoms with E-state index in [0.717, 1.165) is 44.4 Å². The Morgan fingerprint density at radius 1 is 1.08 bits per heavy atom. The van der Waals surface area contributed by atoms with Crippen molar-refractivity contribution in [3.05, 3.63) is 0 Å². The Morgan fingerprint density at radius 3 is 1.75 bits per heavy atom. The zero-order valence-electron chi connectivity index (χ0n) is 7.07. The summed E-state index contributed by atoms with van der Waals surface area (Å²) < 4.78 is 11.3. The predicted octanol–water partition coefficient (Wildman–Crippen LogP) is 1.89. The third-order valence-corrected chi connectivity index (χ3v) is 5.58. The molecule has 0 aromatic rings. The molecule has 2 N–H and O–H groups in total. The summed E-state index contributed by atoms with van der Waals surface area (Å²) in [6, 6.07) is 0. The molecule has 12 heavy (non-hydrogen) atoms. The maximum Gasteiger partial charge on any atom is 0.331 e. The van der Waals surface area contributed by atoms with E-state index in [2.05, 4.69) is 0 Å². The first-order chi connectivity index (χ1) is 5.54. The van der Waals surface area contributed by atoms with Gasteiger partial charge in [0.2, 0.25) is 0 Å². The Bertz CT molecular complexity index is 211. The topological polar surface area (TPSA) is 57.5 Å². The highest BCUT2D eigenvalue weighted by Crippen LogP contribution is 2.64. The van der Waals surface area contributed by atoms with E-state index in [9.17, 15) is 14.4 Å². The molecule has 3 saturated carbocycles. The minimum Gasteiger partial charge on any atom is -0.324 e. The molecule has 3 fully saturated rings. The van der Waals surface area contributed by atoms with Gasteiger partial charge in [0, 0.05) is 0 Å². The predicted molar refractivity (Wildman–Crippen MR) is 46.0 cm³/mol. The summed E-state index contributed by atoms with van der Waals surface area (Å²) >= 11 is 0. The first kappa shape index (κ1) is 8.74. The van der Waals surface area contributed by atoms with E-state index in [4.69, 9.17) is 0 Å². The van der Waals surface area contributed by atoms with E-state index in [1.165, 1.54) is 0 Å². The maximum absolute atomic E-state index is 11.3. The summed E-state index contributed by atoms with van der Waals surface area (Å²) in [6.45, 7) is 0. The molecule has 0 saturated heterocycles. The lowest BCUT2D eigenvalue weighted by molar-refractivity contribution is 0.164. The molecule has 3 aliphatic carbocycles. The van der Waals surface area contributed by atoms with E-state index in [1.807, 2.05) is 0 Å². The monoisotopic (exact) mass is 190 g/mol. The molecule has 0 aromatic heterocycles. The van der Waals surface area contributed by atoms with Crippen molar-refractivity contribution in [1.29, 1.82) is 0 Å². The van der Waals surface area contributed by atoms with Crippen LogP contribution in [0.5, 0.6) is 0 Å². The zero-order chi connectivity index (χ0) is 8.82. The van der Waals surface area contributed by atoms with Crippen LogP contribution in [0.2, 0.25) is 0 Å². The zero-order valence-corrected chi connectivity index (χ0v) is 7.96. The van der Waals surface area contributed by atoms with Gasteiger partial charge in [-0.2, -0.15) is 0 Å². The Kier molecular flexibility index (Phi) is 1.87. The smallest absolute Gasteiger partial charge is 0.324 e. The van der Waals surface area contributed by atoms with Crippen LogP contribution < -0.4 is 0 Å². The van der Waals surface area contributed by atoms with Gasteiger partial charge in [0.15, 0.2) is 0 Å². The molecule has 0 radical (unpaired) electrons. The lowest BCUT2D eigenvalue weighted by atomic mass is 9.70. The molecule has 0 amide bonds. The minimum atomic E-state index is -3.83. The molecule has 0 unspecified atom stereocenters. The molecule has 3 nitrogen and oxygen atoms in total. The maximum atomic E-state index is 11.3. The highest BCUT2D eigenvalue weighted by Gasteiger charge is 2.51. The van der Waals surface area contributed by atoms with Gasteiger partial charge in [-0.05, 0) is 44.4 Å². The van der Waals surface area contributed by atoms with E-state index in [0.29, 0.717) is 0 Å². The van der Waals surface area contributed by atoms with Gasteiger partial charge >= 0.3 is 7.60 Å². The summed E-state index contributed by atoms with van der Waals surface area (Å²) in [6.07, 6.45) is 5.35. The van der Waals surface area contributed by atoms with Crippen LogP contribution in [0.1, 0.15) is 38.5 Å². The summed E-state index contributed by atoms with van der Waals surface area (Å²) in [5.41, 5.74) is 0. The lowest BCUT2D eigenvalue weighted by Gasteiger charge is -2.46. The lowest BCUT2D eigenvalue weighted by Crippen LogP contribution is -2.39. The fourth-order valence-electron chi connectivity index (χ4n) is 2.66. The number of rotatable bonds is 1. The van der Waals surface area contributed by atoms with Crippen molar-refractivity contribution in [3.8, 4) is 0 Å². The van der Waals surface area contributed by atoms with Crippen LogP contribution in [0.15, 0.2) is 0 Å². The van der Waals surface area contributed by atoms with E-state index < -0.39 is 12.8 Å². The van der Waals surface area contributed by atoms with Crippen molar-refractivity contribution >= 4 is 7.60 Å². The molecule has 70 valence electrons. The van der Waals surface area contributed by atoms with Gasteiger partial charge in [-0.15, -0.1) is 0 Å². The highest BCUT2D eigenvalue weighted by molar-refractivity contribution is 7.53. The Labute approximate surface area is 72.3 Å². The second kappa shape index (κ2) is 2.57. The van der Waals surface area contributed by atoms with Crippen LogP contribution in [0, 0.1) is 5.92 Å². The van der Waals surface area contributed by atoms with Crippen LogP contribution in [0.3, 0.4) is 0 Å². The first-order valence-corrected chi connectivity index (χ1v) is 6.20. The number of fused-ring (bicyclic) bond motifs is 3. The van der Waals surface area contributed by atoms with Gasteiger partial charge in [0.25, 0.3) is 0 Å². The molecule has 3 aliphatic rings. The fraction of sp³-hybridized carbons (Fsp3) is 1.00. The summed E-state index contributed by atoms with van der Waals surface area (Å²) in [5, 5.41) is -0.609. The standard InChI is InChI=1S/C8H15O3P/c9-12(10,11)8-4-1-7(2-5-8)3-6-8/h7H,1-6H2,(H2,9,10,11). The van der Waals surface area contributed by atoms with Gasteiger partial charge in [-0.3, -0.25) is 4.57 Å². The molecule has 0 aromatic carbocycles. The summed E-state index contributed by atoms with van der Waals surface area (Å²) in [4.78, 5) is 18.5. The molecular formula is C8H15O3P. The van der Waals surface area contributed by atoms with Gasteiger partial charge in [-0.1, -0.05) is 0 Å². The average Bonchev–Trinajstić information content (AvgIpc) is 2.06. The Morgan fingerprint density at radius 2 is 1.50 bits per heavy atom. The third kappa shape index (κ3) is 1.15. The first-order valence-electron chi connectivity index (χ1n) is 4.59. The van der Waals surface area contributed by atoms with Crippen LogP contribution in [0.25, 0.3) is 0 Å². The molecule has 0 atom stereocenters. The SMILES string of the molecule is O=P(O)(O)C12CCC(CC1)CC2. The van der Waals surface area contributed by atoms with Crippen LogP contribution in [0.4, 0.5) is 0 Å². The summed E-state index contributed by atoms with van der Waals surface area (Å²) in [5.74, 6) is 0.762. The van der Waals surface area contributed by atoms with E-state index in [1.54, 1.807) is 0 Å². The molecule has 0 spiro atoms. The molecule has 2 bridgehead atoms. The number of hydrogen-bond donors (Lipinski definition) is 2. The average molecular weight is 190 g/mol. The minimum absolute atomic E-state index is 0.609. The molecule has 4 heteroatoms. The summed E-state index contributed by atoms with van der Waals surface area (Å²) in [7, 11) is -3.83. The van der Waals surface area contributed by atoms with Crippen LogP contribution in [-0.2, 0) is 4.57 Å². The van der Waals surface area contributed by atoms with Crippen molar-refractivity contribution < 1.29 is 14.4 Å². The molecular weight excluding hydrogens is 175 g/mol. The van der Waals surface area contributed by atoms with Crippen molar-refractivity contribution in [2.45, 2.75) is 43.7 Å². The van der Waals surface area contributed by atoms with Crippen molar-refractivity contribution in [2.75, 3.05) is 0 Å². The largest absolute Gasteiger partial charge is 0.331 e. The molecule has 0 aliphatic heterocycles. The van der Waals surface area contributed by atoms with E-state index >= 15 is 0 Å². The normalized spacial score (nSPS) is 41.7. The van der Waals surface area contributed by atoms with Gasteiger partial charge in [-0.25, -0.2) is 0 Å². The second-order valence-corrected chi connectivity index (χ2v) is 6.29. The quantitative estimate of drug-likeness (QED) is 0.621. The second-order valence-electron chi connectivity index (χ2n) is 4.25. The van der Waals surface area contributed by atoms with Crippen LogP contribution in [-0.4, -0.2) is 14.9 Å². The van der Waals surface area contributed by atoms with Crippen molar-refractivity contribution in [3.63, 3.8) is 0 Å². The fourth-order valence-corrected chi connectivity index (χ4v) is 3.92. The number of hydrogen-bond acceptors (Lipinski definition) is 1. The van der Waals surface area contributed by atoms with Crippen molar-refractivity contribution in [1.82, 2.24) is 0 Å². The Hall–Kier alpha value is 0.150. The van der Waals surface area contributed by atoms with E-state index in [-0.39, 0.29) is 0 Å². The third-order valence-electron chi connectivity index (χ3n) is 3.67.